The van der Waals surface area contributed by atoms with Gasteiger partial charge in [0.1, 0.15) is 0 Å². The number of aryl methyl sites for hydroxylation is 1. The van der Waals surface area contributed by atoms with Crippen molar-refractivity contribution in [3.63, 3.8) is 0 Å². The third-order valence-electron chi connectivity index (χ3n) is 4.78. The van der Waals surface area contributed by atoms with E-state index >= 15 is 0 Å². The Morgan fingerprint density at radius 3 is 2.41 bits per heavy atom. The van der Waals surface area contributed by atoms with E-state index in [1.54, 1.807) is 7.05 Å². The van der Waals surface area contributed by atoms with Gasteiger partial charge in [-0.2, -0.15) is 0 Å². The van der Waals surface area contributed by atoms with Crippen LogP contribution in [0.5, 0.6) is 11.5 Å². The molecule has 1 aliphatic heterocycles. The normalized spacial score (nSPS) is 14.6. The van der Waals surface area contributed by atoms with Gasteiger partial charge in [-0.1, -0.05) is 29.8 Å². The van der Waals surface area contributed by atoms with Gasteiger partial charge in [-0.05, 0) is 38.7 Å². The lowest BCUT2D eigenvalue weighted by atomic mass is 10.0. The molecule has 29 heavy (non-hydrogen) atoms. The molecule has 0 aliphatic carbocycles. The second-order valence-corrected chi connectivity index (χ2v) is 7.18. The fourth-order valence-corrected chi connectivity index (χ4v) is 3.14. The molecule has 0 saturated carbocycles. The van der Waals surface area contributed by atoms with E-state index in [4.69, 9.17) is 9.47 Å². The van der Waals surface area contributed by atoms with E-state index < -0.39 is 0 Å². The van der Waals surface area contributed by atoms with Crippen LogP contribution in [0.4, 0.5) is 5.69 Å². The molecule has 3 rings (SSSR count). The smallest absolute Gasteiger partial charge is 0.195 e. The third-order valence-corrected chi connectivity index (χ3v) is 4.78. The Kier molecular flexibility index (Phi) is 9.03. The summed E-state index contributed by atoms with van der Waals surface area (Å²) in [4.78, 5) is 6.56. The Labute approximate surface area is 190 Å². The first-order chi connectivity index (χ1) is 13.6. The second kappa shape index (κ2) is 11.3. The van der Waals surface area contributed by atoms with Crippen molar-refractivity contribution in [2.45, 2.75) is 19.4 Å². The van der Waals surface area contributed by atoms with Gasteiger partial charge in [-0.3, -0.25) is 4.99 Å². The molecule has 1 unspecified atom stereocenters. The first-order valence-electron chi connectivity index (χ1n) is 9.67. The van der Waals surface area contributed by atoms with Crippen LogP contribution in [0.15, 0.2) is 47.5 Å². The summed E-state index contributed by atoms with van der Waals surface area (Å²) in [6, 6.07) is 14.8. The number of fused-ring (bicyclic) bond motifs is 1. The van der Waals surface area contributed by atoms with Crippen molar-refractivity contribution >= 4 is 35.6 Å². The van der Waals surface area contributed by atoms with Crippen molar-refractivity contribution in [3.8, 4) is 11.5 Å². The summed E-state index contributed by atoms with van der Waals surface area (Å²) in [6.45, 7) is 4.20. The lowest BCUT2D eigenvalue weighted by Gasteiger charge is -2.26. The Hall–Kier alpha value is -2.00. The van der Waals surface area contributed by atoms with Crippen LogP contribution in [0.3, 0.4) is 0 Å². The average Bonchev–Trinajstić information content (AvgIpc) is 2.93. The lowest BCUT2D eigenvalue weighted by Crippen LogP contribution is -2.38. The molecule has 0 saturated heterocycles. The molecule has 0 fully saturated rings. The Bertz CT molecular complexity index is 809. The van der Waals surface area contributed by atoms with E-state index in [1.807, 2.05) is 18.2 Å². The average molecular weight is 510 g/mol. The number of nitrogens with zero attached hydrogens (tertiary/aromatic N) is 2. The molecule has 2 aromatic carbocycles. The first kappa shape index (κ1) is 23.3. The summed E-state index contributed by atoms with van der Waals surface area (Å²) in [6.07, 6.45) is 0.894. The minimum absolute atomic E-state index is 0. The van der Waals surface area contributed by atoms with E-state index in [0.29, 0.717) is 19.2 Å². The van der Waals surface area contributed by atoms with Crippen LogP contribution in [-0.2, 0) is 0 Å². The van der Waals surface area contributed by atoms with Gasteiger partial charge in [0.15, 0.2) is 17.5 Å². The molecule has 7 heteroatoms. The predicted molar refractivity (Wildman–Crippen MR) is 130 cm³/mol. The number of anilines is 1. The van der Waals surface area contributed by atoms with Crippen molar-refractivity contribution < 1.29 is 9.47 Å². The zero-order valence-electron chi connectivity index (χ0n) is 17.6. The molecule has 0 amide bonds. The Balaban J connectivity index is 0.00000300. The van der Waals surface area contributed by atoms with Crippen LogP contribution < -0.4 is 20.1 Å². The van der Waals surface area contributed by atoms with Gasteiger partial charge in [0.05, 0.1) is 19.3 Å². The molecule has 158 valence electrons. The number of nitrogens with one attached hydrogen (secondary N) is 2. The fourth-order valence-electron chi connectivity index (χ4n) is 3.14. The van der Waals surface area contributed by atoms with Crippen LogP contribution in [-0.4, -0.2) is 51.8 Å². The summed E-state index contributed by atoms with van der Waals surface area (Å²) in [5, 5.41) is 6.77. The molecule has 1 heterocycles. The highest BCUT2D eigenvalue weighted by atomic mass is 127. The van der Waals surface area contributed by atoms with Gasteiger partial charge in [-0.25, -0.2) is 0 Å². The molecule has 1 atom stereocenters. The Morgan fingerprint density at radius 2 is 1.76 bits per heavy atom. The van der Waals surface area contributed by atoms with Crippen molar-refractivity contribution in [2.24, 2.45) is 4.99 Å². The van der Waals surface area contributed by atoms with Gasteiger partial charge >= 0.3 is 0 Å². The van der Waals surface area contributed by atoms with Crippen LogP contribution in [0.25, 0.3) is 0 Å². The fraction of sp³-hybridized carbons (Fsp3) is 0.409. The summed E-state index contributed by atoms with van der Waals surface area (Å²) in [7, 11) is 5.95. The molecule has 2 aromatic rings. The van der Waals surface area contributed by atoms with Crippen LogP contribution in [0, 0.1) is 6.92 Å². The van der Waals surface area contributed by atoms with Gasteiger partial charge < -0.3 is 25.0 Å². The van der Waals surface area contributed by atoms with Crippen LogP contribution >= 0.6 is 24.0 Å². The summed E-state index contributed by atoms with van der Waals surface area (Å²) < 4.78 is 11.5. The summed E-state index contributed by atoms with van der Waals surface area (Å²) >= 11 is 0. The van der Waals surface area contributed by atoms with Gasteiger partial charge in [0, 0.05) is 31.8 Å². The van der Waals surface area contributed by atoms with Crippen LogP contribution in [0.2, 0.25) is 0 Å². The minimum atomic E-state index is 0. The van der Waals surface area contributed by atoms with Gasteiger partial charge in [0.25, 0.3) is 0 Å². The molecule has 6 nitrogen and oxygen atoms in total. The van der Waals surface area contributed by atoms with Crippen molar-refractivity contribution in [2.75, 3.05) is 46.2 Å². The van der Waals surface area contributed by atoms with Crippen molar-refractivity contribution in [1.29, 1.82) is 0 Å². The third kappa shape index (κ3) is 6.50. The number of aliphatic imine (C=N–C) groups is 1. The number of hydrogen-bond acceptors (Lipinski definition) is 4. The number of likely N-dealkylation sites (N-methyl/N-ethyl adjacent to an activating group) is 1. The van der Waals surface area contributed by atoms with E-state index in [9.17, 15) is 0 Å². The molecule has 2 N–H and O–H groups in total. The second-order valence-electron chi connectivity index (χ2n) is 7.18. The maximum Gasteiger partial charge on any atom is 0.195 e. The predicted octanol–water partition coefficient (Wildman–Crippen LogP) is 4.06. The molecule has 0 aromatic heterocycles. The number of halogens is 1. The molecule has 0 radical (unpaired) electrons. The highest BCUT2D eigenvalue weighted by Crippen LogP contribution is 2.32. The highest BCUT2D eigenvalue weighted by molar-refractivity contribution is 14.0. The Morgan fingerprint density at radius 1 is 1.07 bits per heavy atom. The number of guanidine groups is 1. The van der Waals surface area contributed by atoms with E-state index in [2.05, 4.69) is 65.8 Å². The topological polar surface area (TPSA) is 58.1 Å². The number of ether oxygens (including phenoxy) is 2. The summed E-state index contributed by atoms with van der Waals surface area (Å²) in [5.74, 6) is 2.27. The number of hydrogen-bond donors (Lipinski definition) is 2. The highest BCUT2D eigenvalue weighted by Gasteiger charge is 2.15. The van der Waals surface area contributed by atoms with E-state index in [-0.39, 0.29) is 30.0 Å². The van der Waals surface area contributed by atoms with Gasteiger partial charge in [0.2, 0.25) is 0 Å². The first-order valence-corrected chi connectivity index (χ1v) is 9.67. The standard InChI is InChI=1S/C22H30N4O2.HI/c1-16-6-8-17(9-7-16)19(26(3)4)15-24-22(23-2)25-18-10-11-20-21(14-18)28-13-5-12-27-20;/h6-11,14,19H,5,12-13,15H2,1-4H3,(H2,23,24,25);1H. The molecular weight excluding hydrogens is 479 g/mol. The molecule has 1 aliphatic rings. The van der Waals surface area contributed by atoms with Gasteiger partial charge in [-0.15, -0.1) is 24.0 Å². The van der Waals surface area contributed by atoms with E-state index in [1.165, 1.54) is 11.1 Å². The molecular formula is C22H31IN4O2. The van der Waals surface area contributed by atoms with Crippen molar-refractivity contribution in [3.05, 3.63) is 53.6 Å². The van der Waals surface area contributed by atoms with Crippen molar-refractivity contribution in [1.82, 2.24) is 10.2 Å². The minimum Gasteiger partial charge on any atom is -0.490 e. The zero-order chi connectivity index (χ0) is 19.9. The zero-order valence-corrected chi connectivity index (χ0v) is 19.9. The lowest BCUT2D eigenvalue weighted by molar-refractivity contribution is 0.297. The SMILES string of the molecule is CN=C(NCC(c1ccc(C)cc1)N(C)C)Nc1ccc2c(c1)OCCCO2.I. The monoisotopic (exact) mass is 510 g/mol. The van der Waals surface area contributed by atoms with E-state index in [0.717, 1.165) is 30.2 Å². The largest absolute Gasteiger partial charge is 0.490 e. The maximum atomic E-state index is 5.77. The molecule has 0 bridgehead atoms. The summed E-state index contributed by atoms with van der Waals surface area (Å²) in [5.41, 5.74) is 3.45. The quantitative estimate of drug-likeness (QED) is 0.361. The molecule has 0 spiro atoms. The number of benzene rings is 2. The number of rotatable bonds is 5. The maximum absolute atomic E-state index is 5.77. The van der Waals surface area contributed by atoms with Crippen LogP contribution in [0.1, 0.15) is 23.6 Å².